The number of amides is 4. The van der Waals surface area contributed by atoms with E-state index >= 15 is 0 Å². The number of piperidine rings is 1. The number of likely N-dealkylation sites (N-methyl/N-ethyl adjacent to an activating group) is 1. The van der Waals surface area contributed by atoms with E-state index in [-0.39, 0.29) is 23.4 Å². The van der Waals surface area contributed by atoms with Crippen molar-refractivity contribution < 1.29 is 39.6 Å². The lowest BCUT2D eigenvalue weighted by atomic mass is 9.87. The zero-order valence-electron chi connectivity index (χ0n) is 72.0. The molecule has 0 radical (unpaired) electrons. The number of hydrogen-bond donors (Lipinski definition) is 6. The average Bonchev–Trinajstić information content (AvgIpc) is 1.81. The summed E-state index contributed by atoms with van der Waals surface area (Å²) in [4.78, 5) is 53.0. The van der Waals surface area contributed by atoms with E-state index in [9.17, 15) is 39.6 Å². The van der Waals surface area contributed by atoms with E-state index in [2.05, 4.69) is 176 Å². The van der Waals surface area contributed by atoms with Crippen LogP contribution in [0.15, 0.2) is 91.6 Å². The van der Waals surface area contributed by atoms with Crippen molar-refractivity contribution in [2.45, 2.75) is 167 Å². The third-order valence-electron chi connectivity index (χ3n) is 25.5. The van der Waals surface area contributed by atoms with Crippen molar-refractivity contribution in [3.8, 4) is 0 Å². The first-order valence-corrected chi connectivity index (χ1v) is 47.9. The van der Waals surface area contributed by atoms with E-state index in [1.807, 2.05) is 69.5 Å². The zero-order chi connectivity index (χ0) is 85.9. The average molecular weight is 1720 g/mol. The normalized spacial score (nSPS) is 20.1. The molecule has 5 aromatic carbocycles. The summed E-state index contributed by atoms with van der Waals surface area (Å²) in [5, 5.41) is 45.2. The Kier molecular flexibility index (Phi) is 24.8. The number of nitrogens with one attached hydrogen (secondary N) is 6. The number of nitrogens with zero attached hydrogens (tertiary/aromatic N) is 16. The first kappa shape index (κ1) is 87.0. The molecule has 7 aliphatic heterocycles. The molecule has 6 N–H and O–H groups in total. The summed E-state index contributed by atoms with van der Waals surface area (Å²) in [5.74, 6) is 1.53. The molecule has 4 amide bonds. The SMILES string of the molecule is CC(=O)N1CCN(c2cc(C(C)C)cc3[nH]ncc23)CC1(C)C.CC(C)c1cc(N2CCN(S(C)(=O)=O)C(C)(C)C2)c2cn[nH]c2c1.CC1(C)CN(c2cc(C3CCCC3)cc3[nH]ncc23)CCN1S(C)(=O)=O.CN1C(=O)NC2(CCN(c3cc(Cl)cc4[nH]ncc34)CC2)C1=O.CS(=O)(=O)N1CCN(c2cc(N3CCCC3)cc3[nH]ncc23)CC1. The van der Waals surface area contributed by atoms with Crippen LogP contribution in [-0.4, -0.2) is 276 Å². The predicted molar refractivity (Wildman–Crippen MR) is 480 cm³/mol. The van der Waals surface area contributed by atoms with Gasteiger partial charge in [0, 0.05) is 202 Å². The molecule has 0 unspecified atom stereocenters. The number of benzene rings is 5. The number of rotatable bonds is 12. The molecule has 5 aromatic heterocycles. The molecule has 1 spiro atoms. The van der Waals surface area contributed by atoms with Gasteiger partial charge in [-0.1, -0.05) is 52.1 Å². The minimum atomic E-state index is -3.20. The summed E-state index contributed by atoms with van der Waals surface area (Å²) in [6.07, 6.45) is 21.9. The second-order valence-electron chi connectivity index (χ2n) is 36.2. The molecule has 8 fully saturated rings. The number of anilines is 6. The van der Waals surface area contributed by atoms with Crippen molar-refractivity contribution in [1.29, 1.82) is 0 Å². The molecule has 8 aliphatic rings. The molecular weight excluding hydrogens is 1600 g/mol. The smallest absolute Gasteiger partial charge is 0.324 e. The van der Waals surface area contributed by atoms with E-state index in [0.717, 1.165) is 104 Å². The van der Waals surface area contributed by atoms with Crippen LogP contribution in [0, 0.1) is 0 Å². The van der Waals surface area contributed by atoms with Crippen LogP contribution in [0.2, 0.25) is 5.02 Å². The van der Waals surface area contributed by atoms with Gasteiger partial charge in [-0.3, -0.25) is 40.0 Å². The number of piperazine rings is 4. The fraction of sp³-hybridized carbons (Fsp3) is 0.553. The molecule has 1 aliphatic carbocycles. The lowest BCUT2D eigenvalue weighted by molar-refractivity contribution is -0.134. The maximum Gasteiger partial charge on any atom is 0.324 e. The molecule has 1 saturated carbocycles. The largest absolute Gasteiger partial charge is 0.371 e. The van der Waals surface area contributed by atoms with E-state index in [1.165, 1.54) is 103 Å². The van der Waals surface area contributed by atoms with Crippen LogP contribution in [0.5, 0.6) is 0 Å². The number of imide groups is 1. The highest BCUT2D eigenvalue weighted by molar-refractivity contribution is 7.88. The number of carbonyl (C=O) groups is 3. The Morgan fingerprint density at radius 2 is 0.833 bits per heavy atom. The zero-order valence-corrected chi connectivity index (χ0v) is 75.2. The van der Waals surface area contributed by atoms with Gasteiger partial charge in [-0.2, -0.15) is 38.4 Å². The van der Waals surface area contributed by atoms with Crippen molar-refractivity contribution >= 4 is 148 Å². The van der Waals surface area contributed by atoms with Crippen LogP contribution in [0.25, 0.3) is 54.5 Å². The van der Waals surface area contributed by atoms with Crippen LogP contribution in [0.3, 0.4) is 0 Å². The molecular formula is C85H119ClN22O9S3. The van der Waals surface area contributed by atoms with Gasteiger partial charge in [0.05, 0.1) is 82.9 Å². The molecule has 0 atom stereocenters. The second kappa shape index (κ2) is 34.2. The number of halogens is 1. The van der Waals surface area contributed by atoms with Gasteiger partial charge in [0.1, 0.15) is 5.54 Å². The molecule has 648 valence electrons. The molecule has 7 saturated heterocycles. The molecule has 10 aromatic rings. The fourth-order valence-electron chi connectivity index (χ4n) is 19.2. The van der Waals surface area contributed by atoms with Crippen molar-refractivity contribution in [2.24, 2.45) is 0 Å². The van der Waals surface area contributed by atoms with Crippen LogP contribution >= 0.6 is 11.6 Å². The topological polar surface area (TPSA) is 345 Å². The Labute approximate surface area is 709 Å². The van der Waals surface area contributed by atoms with Gasteiger partial charge in [0.25, 0.3) is 5.91 Å². The summed E-state index contributed by atoms with van der Waals surface area (Å²) >= 11 is 6.19. The number of fused-ring (bicyclic) bond motifs is 5. The first-order chi connectivity index (χ1) is 56.7. The Morgan fingerprint density at radius 1 is 0.442 bits per heavy atom. The summed E-state index contributed by atoms with van der Waals surface area (Å²) in [5.41, 5.74) is 14.2. The monoisotopic (exact) mass is 1720 g/mol. The standard InChI is InChI=1S/C19H28N4O2S.C18H26N4O.C17H26N4O2S.C16H23N5O2S.C15H16ClN5O2/c1-19(2)13-22(8-9-23(19)26(3,24)25)18-11-15(14-6-4-5-7-14)10-17-16(18)12-20-21-17;1-12(2)14-8-16-15(10-19-20-16)17(9-14)21-6-7-22(13(3)23)18(4,5)11-21;1-12(2)13-8-15-14(10-18-19-15)16(9-13)20-6-7-21(24(5,22)23)17(3,4)11-20;1-24(22,23)21-8-6-20(7-9-21)16-11-13(19-4-2-3-5-19)10-15-14(16)12-17-18-15;1-20-13(22)15(18-14(20)23)2-4-21(5-3-15)12-7-9(16)6-11-10(12)8-17-19-11/h10-12,14H,4-9,13H2,1-3H3,(H,20,21);8-10,12H,6-7,11H2,1-5H3,(H,19,20);8-10,12H,6-7,11H2,1-5H3,(H,18,19);10-12H,2-9H2,1H3,(H,17,18);6-8H,2-5H2,1H3,(H,17,19)(H,18,23). The van der Waals surface area contributed by atoms with E-state index in [0.29, 0.717) is 114 Å². The van der Waals surface area contributed by atoms with Gasteiger partial charge in [-0.15, -0.1) is 0 Å². The number of urea groups is 1. The summed E-state index contributed by atoms with van der Waals surface area (Å²) < 4.78 is 76.6. The quantitative estimate of drug-likeness (QED) is 0.0619. The highest BCUT2D eigenvalue weighted by Crippen LogP contribution is 2.43. The van der Waals surface area contributed by atoms with Gasteiger partial charge in [0.2, 0.25) is 36.0 Å². The van der Waals surface area contributed by atoms with Gasteiger partial charge in [-0.25, -0.2) is 30.0 Å². The lowest BCUT2D eigenvalue weighted by Crippen LogP contribution is -2.60. The molecule has 0 bridgehead atoms. The molecule has 120 heavy (non-hydrogen) atoms. The Bertz CT molecular complexity index is 5770. The molecule has 18 rings (SSSR count). The van der Waals surface area contributed by atoms with Crippen LogP contribution in [-0.2, 0) is 39.7 Å². The van der Waals surface area contributed by atoms with Gasteiger partial charge >= 0.3 is 6.03 Å². The van der Waals surface area contributed by atoms with Crippen LogP contribution in [0.4, 0.5) is 38.9 Å². The molecule has 35 heteroatoms. The van der Waals surface area contributed by atoms with E-state index in [4.69, 9.17) is 11.6 Å². The lowest BCUT2D eigenvalue weighted by Gasteiger charge is -2.47. The number of hydrogen-bond acceptors (Lipinski definition) is 20. The maximum absolute atomic E-state index is 12.3. The maximum atomic E-state index is 12.3. The highest BCUT2D eigenvalue weighted by atomic mass is 35.5. The van der Waals surface area contributed by atoms with Crippen molar-refractivity contribution in [3.05, 3.63) is 113 Å². The summed E-state index contributed by atoms with van der Waals surface area (Å²) in [6.45, 7) is 34.8. The Balaban J connectivity index is 0.000000123. The third kappa shape index (κ3) is 18.4. The molecule has 12 heterocycles. The van der Waals surface area contributed by atoms with E-state index < -0.39 is 46.7 Å². The minimum absolute atomic E-state index is 0.137. The Morgan fingerprint density at radius 3 is 1.24 bits per heavy atom. The summed E-state index contributed by atoms with van der Waals surface area (Å²) in [7, 11) is -7.99. The summed E-state index contributed by atoms with van der Waals surface area (Å²) in [6, 6.07) is 21.2. The number of aromatic nitrogens is 10. The van der Waals surface area contributed by atoms with Gasteiger partial charge in [-0.05, 0) is 175 Å². The van der Waals surface area contributed by atoms with Crippen LogP contribution < -0.4 is 34.7 Å². The number of aromatic amines is 5. The Hall–Kier alpha value is -9.32. The fourth-order valence-corrected chi connectivity index (χ4v) is 22.9. The van der Waals surface area contributed by atoms with E-state index in [1.54, 1.807) is 26.0 Å². The number of H-pyrrole nitrogens is 5. The van der Waals surface area contributed by atoms with Gasteiger partial charge < -0.3 is 39.6 Å². The van der Waals surface area contributed by atoms with Crippen LogP contribution in [0.1, 0.15) is 162 Å². The van der Waals surface area contributed by atoms with Crippen molar-refractivity contribution in [1.82, 2.24) is 79.0 Å². The van der Waals surface area contributed by atoms with Gasteiger partial charge in [0.15, 0.2) is 0 Å². The number of sulfonamides is 3. The predicted octanol–water partition coefficient (Wildman–Crippen LogP) is 11.7. The second-order valence-corrected chi connectivity index (χ2v) is 42.4. The highest BCUT2D eigenvalue weighted by Gasteiger charge is 2.51. The van der Waals surface area contributed by atoms with Crippen molar-refractivity contribution in [3.63, 3.8) is 0 Å². The number of carbonyl (C=O) groups excluding carboxylic acids is 3. The first-order valence-electron chi connectivity index (χ1n) is 42.0. The third-order valence-corrected chi connectivity index (χ3v) is 29.9. The van der Waals surface area contributed by atoms with Crippen molar-refractivity contribution in [2.75, 3.05) is 166 Å². The minimum Gasteiger partial charge on any atom is -0.371 e. The molecule has 31 nitrogen and oxygen atoms in total.